The van der Waals surface area contributed by atoms with Crippen LogP contribution in [0.3, 0.4) is 0 Å². The lowest BCUT2D eigenvalue weighted by molar-refractivity contribution is 0.0954. The number of unbranched alkanes of at least 4 members (excludes halogenated alkanes) is 1. The van der Waals surface area contributed by atoms with Crippen molar-refractivity contribution >= 4 is 27.5 Å². The van der Waals surface area contributed by atoms with Crippen molar-refractivity contribution in [3.8, 4) is 0 Å². The number of fused-ring (bicyclic) bond motifs is 1. The molecule has 1 N–H and O–H groups in total. The number of allylic oxidation sites excluding steroid dienone is 1. The average Bonchev–Trinajstić information content (AvgIpc) is 2.68. The fraction of sp³-hybridized carbons (Fsp3) is 0.524. The van der Waals surface area contributed by atoms with Gasteiger partial charge in [-0.3, -0.25) is 4.79 Å². The summed E-state index contributed by atoms with van der Waals surface area (Å²) in [6.07, 6.45) is 9.76. The third kappa shape index (κ3) is 4.63. The molecular weight excluding hydrogens is 374 g/mol. The first kappa shape index (κ1) is 20.6. The molecular formula is C21H29N3O3S. The van der Waals surface area contributed by atoms with Gasteiger partial charge in [0.15, 0.2) is 0 Å². The number of benzene rings is 1. The van der Waals surface area contributed by atoms with Crippen molar-refractivity contribution in [2.24, 2.45) is 4.40 Å². The number of amides is 1. The molecule has 1 aliphatic carbocycles. The highest BCUT2D eigenvalue weighted by molar-refractivity contribution is 7.90. The molecule has 6 nitrogen and oxygen atoms in total. The maximum atomic E-state index is 12.5. The van der Waals surface area contributed by atoms with Crippen molar-refractivity contribution in [3.05, 3.63) is 35.4 Å². The van der Waals surface area contributed by atoms with Gasteiger partial charge in [0.25, 0.3) is 15.9 Å². The van der Waals surface area contributed by atoms with Gasteiger partial charge in [-0.15, -0.1) is 4.40 Å². The van der Waals surface area contributed by atoms with Crippen LogP contribution in [-0.4, -0.2) is 33.3 Å². The number of hydrogen-bond donors (Lipinski definition) is 1. The van der Waals surface area contributed by atoms with E-state index in [1.54, 1.807) is 19.1 Å². The second-order valence-electron chi connectivity index (χ2n) is 7.42. The lowest BCUT2D eigenvalue weighted by Crippen LogP contribution is -2.35. The minimum absolute atomic E-state index is 0.108. The van der Waals surface area contributed by atoms with Crippen LogP contribution in [-0.2, 0) is 10.0 Å². The molecule has 0 aromatic heterocycles. The predicted molar refractivity (Wildman–Crippen MR) is 112 cm³/mol. The van der Waals surface area contributed by atoms with Crippen molar-refractivity contribution in [1.82, 2.24) is 5.32 Å². The first-order chi connectivity index (χ1) is 13.4. The number of anilines is 1. The quantitative estimate of drug-likeness (QED) is 0.697. The molecule has 1 aliphatic heterocycles. The van der Waals surface area contributed by atoms with Gasteiger partial charge in [0, 0.05) is 18.7 Å². The van der Waals surface area contributed by atoms with Crippen LogP contribution in [0.2, 0.25) is 0 Å². The van der Waals surface area contributed by atoms with Crippen LogP contribution in [0.25, 0.3) is 0 Å². The van der Waals surface area contributed by atoms with Crippen LogP contribution >= 0.6 is 0 Å². The highest BCUT2D eigenvalue weighted by Gasteiger charge is 2.29. The molecule has 3 rings (SSSR count). The van der Waals surface area contributed by atoms with Gasteiger partial charge in [0.05, 0.1) is 5.69 Å². The van der Waals surface area contributed by atoms with Crippen LogP contribution in [0.15, 0.2) is 39.1 Å². The largest absolute Gasteiger partial charge is 0.352 e. The fourth-order valence-corrected chi connectivity index (χ4v) is 4.96. The minimum atomic E-state index is -3.79. The van der Waals surface area contributed by atoms with Crippen molar-refractivity contribution in [1.29, 1.82) is 0 Å². The second-order valence-corrected chi connectivity index (χ2v) is 8.99. The highest BCUT2D eigenvalue weighted by Crippen LogP contribution is 2.32. The van der Waals surface area contributed by atoms with Crippen LogP contribution in [0.1, 0.15) is 69.2 Å². The lowest BCUT2D eigenvalue weighted by atomic mass is 9.97. The molecule has 0 spiro atoms. The first-order valence-electron chi connectivity index (χ1n) is 10.1. The minimum Gasteiger partial charge on any atom is -0.352 e. The number of amidine groups is 1. The Kier molecular flexibility index (Phi) is 6.54. The van der Waals surface area contributed by atoms with Crippen molar-refractivity contribution in [3.63, 3.8) is 0 Å². The van der Waals surface area contributed by atoms with Gasteiger partial charge in [-0.05, 0) is 63.6 Å². The van der Waals surface area contributed by atoms with Gasteiger partial charge in [-0.1, -0.05) is 25.0 Å². The summed E-state index contributed by atoms with van der Waals surface area (Å²) in [6, 6.07) is 4.87. The van der Waals surface area contributed by atoms with Crippen LogP contribution < -0.4 is 10.2 Å². The normalized spacial score (nSPS) is 18.1. The summed E-state index contributed by atoms with van der Waals surface area (Å²) >= 11 is 0. The summed E-state index contributed by atoms with van der Waals surface area (Å²) in [5.41, 5.74) is 2.35. The third-order valence-electron chi connectivity index (χ3n) is 5.29. The average molecular weight is 404 g/mol. The smallest absolute Gasteiger partial charge is 0.286 e. The van der Waals surface area contributed by atoms with Crippen molar-refractivity contribution in [2.45, 2.75) is 63.7 Å². The topological polar surface area (TPSA) is 78.8 Å². The van der Waals surface area contributed by atoms with Gasteiger partial charge in [0.1, 0.15) is 10.7 Å². The zero-order valence-electron chi connectivity index (χ0n) is 16.7. The Balaban J connectivity index is 1.74. The molecule has 0 radical (unpaired) electrons. The van der Waals surface area contributed by atoms with Crippen LogP contribution in [0.4, 0.5) is 5.69 Å². The summed E-state index contributed by atoms with van der Waals surface area (Å²) in [4.78, 5) is 14.5. The van der Waals surface area contributed by atoms with E-state index in [2.05, 4.69) is 22.7 Å². The standard InChI is InChI=1S/C21H29N3O3S/c1-3-4-14-24-16(2)23-28(26,27)20-15-18(10-11-19(20)24)21(25)22-13-12-17-8-6-5-7-9-17/h8,10-11,15H,3-7,9,12-14H2,1-2H3,(H,22,25). The number of nitrogens with one attached hydrogen (secondary N) is 1. The van der Waals surface area contributed by atoms with E-state index in [1.807, 2.05) is 4.90 Å². The van der Waals surface area contributed by atoms with Crippen molar-refractivity contribution in [2.75, 3.05) is 18.0 Å². The Morgan fingerprint density at radius 1 is 1.29 bits per heavy atom. The molecule has 0 unspecified atom stereocenters. The summed E-state index contributed by atoms with van der Waals surface area (Å²) in [6.45, 7) is 5.06. The van der Waals surface area contributed by atoms with Gasteiger partial charge >= 0.3 is 0 Å². The molecule has 1 aromatic carbocycles. The number of sulfonamides is 1. The van der Waals surface area contributed by atoms with E-state index in [9.17, 15) is 13.2 Å². The van der Waals surface area contributed by atoms with Gasteiger partial charge in [-0.25, -0.2) is 0 Å². The third-order valence-corrected chi connectivity index (χ3v) is 6.67. The SMILES string of the molecule is CCCCN1C(C)=NS(=O)(=O)c2cc(C(=O)NCCC3=CCCCC3)ccc21. The van der Waals surface area contributed by atoms with E-state index < -0.39 is 10.0 Å². The van der Waals surface area contributed by atoms with Crippen LogP contribution in [0, 0.1) is 0 Å². The van der Waals surface area contributed by atoms with Gasteiger partial charge < -0.3 is 10.2 Å². The number of rotatable bonds is 7. The van der Waals surface area contributed by atoms with Crippen molar-refractivity contribution < 1.29 is 13.2 Å². The Hall–Kier alpha value is -2.15. The van der Waals surface area contributed by atoms with Gasteiger partial charge in [-0.2, -0.15) is 8.42 Å². The maximum absolute atomic E-state index is 12.5. The Morgan fingerprint density at radius 2 is 2.11 bits per heavy atom. The molecule has 0 bridgehead atoms. The molecule has 152 valence electrons. The van der Waals surface area contributed by atoms with E-state index >= 15 is 0 Å². The zero-order valence-corrected chi connectivity index (χ0v) is 17.5. The maximum Gasteiger partial charge on any atom is 0.286 e. The first-order valence-corrected chi connectivity index (χ1v) is 11.6. The van der Waals surface area contributed by atoms with E-state index in [0.717, 1.165) is 32.1 Å². The summed E-state index contributed by atoms with van der Waals surface area (Å²) in [5, 5.41) is 2.91. The predicted octanol–water partition coefficient (Wildman–Crippen LogP) is 4.03. The van der Waals surface area contributed by atoms with E-state index in [0.29, 0.717) is 30.2 Å². The molecule has 1 aromatic rings. The molecule has 2 aliphatic rings. The molecule has 1 amide bonds. The van der Waals surface area contributed by atoms with E-state index in [4.69, 9.17) is 0 Å². The summed E-state index contributed by atoms with van der Waals surface area (Å²) < 4.78 is 29.0. The molecule has 0 saturated carbocycles. The Morgan fingerprint density at radius 3 is 2.82 bits per heavy atom. The lowest BCUT2D eigenvalue weighted by Gasteiger charge is -2.29. The number of hydrogen-bond acceptors (Lipinski definition) is 4. The number of carbonyl (C=O) groups excluding carboxylic acids is 1. The molecule has 0 saturated heterocycles. The summed E-state index contributed by atoms with van der Waals surface area (Å²) in [5.74, 6) is 0.222. The fourth-order valence-electron chi connectivity index (χ4n) is 3.70. The van der Waals surface area contributed by atoms with Gasteiger partial charge in [0.2, 0.25) is 0 Å². The highest BCUT2D eigenvalue weighted by atomic mass is 32.2. The molecule has 0 fully saturated rings. The molecule has 0 atom stereocenters. The number of nitrogens with zero attached hydrogens (tertiary/aromatic N) is 2. The van der Waals surface area contributed by atoms with E-state index in [1.165, 1.54) is 24.5 Å². The Bertz CT molecular complexity index is 903. The van der Waals surface area contributed by atoms with E-state index in [-0.39, 0.29) is 10.8 Å². The molecule has 28 heavy (non-hydrogen) atoms. The molecule has 1 heterocycles. The summed E-state index contributed by atoms with van der Waals surface area (Å²) in [7, 11) is -3.79. The second kappa shape index (κ2) is 8.90. The Labute approximate surface area is 167 Å². The molecule has 7 heteroatoms. The van der Waals surface area contributed by atoms with Crippen LogP contribution in [0.5, 0.6) is 0 Å². The number of carbonyl (C=O) groups is 1. The zero-order chi connectivity index (χ0) is 20.1. The monoisotopic (exact) mass is 403 g/mol.